The molecule has 0 unspecified atom stereocenters. The lowest BCUT2D eigenvalue weighted by atomic mass is 10.0. The molecule has 0 N–H and O–H groups in total. The number of Topliss-reactive ketones (excluding diaryl/α,β-unsaturated/α-hetero) is 1. The summed E-state index contributed by atoms with van der Waals surface area (Å²) in [6.07, 6.45) is 0.213. The van der Waals surface area contributed by atoms with Crippen LogP contribution in [0.4, 0.5) is 0 Å². The quantitative estimate of drug-likeness (QED) is 0.606. The minimum absolute atomic E-state index is 0.0826. The molecule has 2 aromatic rings. The molecule has 0 heterocycles. The number of hydrogen-bond donors (Lipinski definition) is 0. The number of carbonyl (C=O) groups excluding carboxylic acids is 2. The van der Waals surface area contributed by atoms with E-state index in [0.29, 0.717) is 17.1 Å². The topological polar surface area (TPSA) is 61.8 Å². The third kappa shape index (κ3) is 3.36. The Bertz CT molecular complexity index is 706. The van der Waals surface area contributed by atoms with Crippen LogP contribution in [0, 0.1) is 0 Å². The van der Waals surface area contributed by atoms with Crippen LogP contribution in [0.1, 0.15) is 23.2 Å². The summed E-state index contributed by atoms with van der Waals surface area (Å²) in [6.45, 7) is 0. The lowest BCUT2D eigenvalue weighted by molar-refractivity contribution is -0.140. The van der Waals surface area contributed by atoms with Gasteiger partial charge in [0.05, 0.1) is 27.8 Å². The van der Waals surface area contributed by atoms with Crippen molar-refractivity contribution in [3.8, 4) is 11.5 Å². The fraction of sp³-hybridized carbons (Fsp3) is 0.294. The van der Waals surface area contributed by atoms with Crippen molar-refractivity contribution in [3.05, 3.63) is 35.9 Å². The molecular weight excluding hydrogens is 284 g/mol. The van der Waals surface area contributed by atoms with E-state index in [0.717, 1.165) is 10.8 Å². The van der Waals surface area contributed by atoms with E-state index >= 15 is 0 Å². The number of fused-ring (bicyclic) bond motifs is 1. The van der Waals surface area contributed by atoms with E-state index in [9.17, 15) is 9.59 Å². The van der Waals surface area contributed by atoms with E-state index in [4.69, 9.17) is 9.47 Å². The second kappa shape index (κ2) is 6.93. The van der Waals surface area contributed by atoms with Crippen LogP contribution in [0.3, 0.4) is 0 Å². The molecule has 0 saturated heterocycles. The van der Waals surface area contributed by atoms with Crippen LogP contribution in [-0.2, 0) is 9.53 Å². The van der Waals surface area contributed by atoms with Crippen LogP contribution < -0.4 is 9.47 Å². The van der Waals surface area contributed by atoms with Gasteiger partial charge in [-0.25, -0.2) is 0 Å². The number of esters is 1. The van der Waals surface area contributed by atoms with Gasteiger partial charge >= 0.3 is 5.97 Å². The van der Waals surface area contributed by atoms with Crippen molar-refractivity contribution in [2.75, 3.05) is 21.3 Å². The molecule has 5 heteroatoms. The molecule has 0 spiro atoms. The summed E-state index contributed by atoms with van der Waals surface area (Å²) in [6, 6.07) is 9.07. The first-order chi connectivity index (χ1) is 10.6. The lowest BCUT2D eigenvalue weighted by Gasteiger charge is -2.10. The summed E-state index contributed by atoms with van der Waals surface area (Å²) in [5.74, 6) is 0.761. The molecular formula is C17H18O5. The molecule has 0 radical (unpaired) electrons. The van der Waals surface area contributed by atoms with Gasteiger partial charge in [-0.1, -0.05) is 12.1 Å². The Hall–Kier alpha value is -2.56. The second-order valence-corrected chi connectivity index (χ2v) is 4.77. The maximum Gasteiger partial charge on any atom is 0.305 e. The normalized spacial score (nSPS) is 10.3. The molecule has 5 nitrogen and oxygen atoms in total. The molecule has 116 valence electrons. The van der Waals surface area contributed by atoms with Gasteiger partial charge in [-0.05, 0) is 29.0 Å². The molecule has 2 aromatic carbocycles. The van der Waals surface area contributed by atoms with Crippen molar-refractivity contribution in [1.82, 2.24) is 0 Å². The highest BCUT2D eigenvalue weighted by atomic mass is 16.5. The second-order valence-electron chi connectivity index (χ2n) is 4.77. The Morgan fingerprint density at radius 2 is 1.50 bits per heavy atom. The number of ketones is 1. The fourth-order valence-corrected chi connectivity index (χ4v) is 2.21. The predicted octanol–water partition coefficient (Wildman–Crippen LogP) is 2.99. The van der Waals surface area contributed by atoms with Gasteiger partial charge in [0.15, 0.2) is 17.3 Å². The van der Waals surface area contributed by atoms with Gasteiger partial charge < -0.3 is 14.2 Å². The van der Waals surface area contributed by atoms with E-state index in [-0.39, 0.29) is 24.6 Å². The van der Waals surface area contributed by atoms with E-state index in [2.05, 4.69) is 4.74 Å². The van der Waals surface area contributed by atoms with Gasteiger partial charge in [-0.15, -0.1) is 0 Å². The monoisotopic (exact) mass is 302 g/mol. The summed E-state index contributed by atoms with van der Waals surface area (Å²) < 4.78 is 15.1. The highest BCUT2D eigenvalue weighted by Crippen LogP contribution is 2.32. The minimum Gasteiger partial charge on any atom is -0.493 e. The fourth-order valence-electron chi connectivity index (χ4n) is 2.21. The SMILES string of the molecule is COC(=O)CCC(=O)c1ccc2cc(OC)c(OC)cc2c1. The molecule has 0 bridgehead atoms. The molecule has 0 saturated carbocycles. The lowest BCUT2D eigenvalue weighted by Crippen LogP contribution is -2.06. The Labute approximate surface area is 128 Å². The number of methoxy groups -OCH3 is 3. The Morgan fingerprint density at radius 3 is 2.09 bits per heavy atom. The molecule has 0 fully saturated rings. The largest absolute Gasteiger partial charge is 0.493 e. The van der Waals surface area contributed by atoms with E-state index in [1.165, 1.54) is 7.11 Å². The van der Waals surface area contributed by atoms with Gasteiger partial charge in [-0.2, -0.15) is 0 Å². The summed E-state index contributed by atoms with van der Waals surface area (Å²) >= 11 is 0. The van der Waals surface area contributed by atoms with E-state index < -0.39 is 0 Å². The Morgan fingerprint density at radius 1 is 0.864 bits per heavy atom. The number of ether oxygens (including phenoxy) is 3. The molecule has 0 aromatic heterocycles. The van der Waals surface area contributed by atoms with Gasteiger partial charge in [0.25, 0.3) is 0 Å². The van der Waals surface area contributed by atoms with Crippen molar-refractivity contribution < 1.29 is 23.8 Å². The minimum atomic E-state index is -0.388. The van der Waals surface area contributed by atoms with Crippen molar-refractivity contribution >= 4 is 22.5 Å². The standard InChI is InChI=1S/C17H18O5/c1-20-15-9-11-4-5-12(8-13(11)10-16(15)21-2)14(18)6-7-17(19)22-3/h4-5,8-10H,6-7H2,1-3H3. The maximum atomic E-state index is 12.1. The summed E-state index contributed by atoms with van der Waals surface area (Å²) in [5, 5.41) is 1.82. The molecule has 0 aliphatic rings. The van der Waals surface area contributed by atoms with Crippen molar-refractivity contribution in [2.45, 2.75) is 12.8 Å². The Balaban J connectivity index is 2.29. The van der Waals surface area contributed by atoms with Crippen LogP contribution >= 0.6 is 0 Å². The van der Waals surface area contributed by atoms with Crippen LogP contribution in [0.5, 0.6) is 11.5 Å². The first-order valence-corrected chi connectivity index (χ1v) is 6.85. The van der Waals surface area contributed by atoms with Crippen molar-refractivity contribution in [2.24, 2.45) is 0 Å². The summed E-state index contributed by atoms with van der Waals surface area (Å²) in [7, 11) is 4.45. The summed E-state index contributed by atoms with van der Waals surface area (Å²) in [4.78, 5) is 23.2. The average molecular weight is 302 g/mol. The number of hydrogen-bond acceptors (Lipinski definition) is 5. The third-order valence-electron chi connectivity index (χ3n) is 3.45. The van der Waals surface area contributed by atoms with Crippen molar-refractivity contribution in [3.63, 3.8) is 0 Å². The highest BCUT2D eigenvalue weighted by molar-refractivity contribution is 6.01. The van der Waals surface area contributed by atoms with E-state index in [1.54, 1.807) is 26.4 Å². The molecule has 2 rings (SSSR count). The van der Waals surface area contributed by atoms with Crippen molar-refractivity contribution in [1.29, 1.82) is 0 Å². The van der Waals surface area contributed by atoms with E-state index in [1.807, 2.05) is 18.2 Å². The molecule has 0 aliphatic carbocycles. The molecule has 0 amide bonds. The van der Waals surface area contributed by atoms with Crippen LogP contribution in [0.15, 0.2) is 30.3 Å². The van der Waals surface area contributed by atoms with Gasteiger partial charge in [0.2, 0.25) is 0 Å². The maximum absolute atomic E-state index is 12.1. The summed E-state index contributed by atoms with van der Waals surface area (Å²) in [5.41, 5.74) is 0.559. The zero-order valence-corrected chi connectivity index (χ0v) is 12.8. The van der Waals surface area contributed by atoms with Crippen LogP contribution in [0.2, 0.25) is 0 Å². The first kappa shape index (κ1) is 15.8. The van der Waals surface area contributed by atoms with Gasteiger partial charge in [0, 0.05) is 12.0 Å². The first-order valence-electron chi connectivity index (χ1n) is 6.85. The van der Waals surface area contributed by atoms with Gasteiger partial charge in [-0.3, -0.25) is 9.59 Å². The third-order valence-corrected chi connectivity index (χ3v) is 3.45. The number of rotatable bonds is 6. The molecule has 22 heavy (non-hydrogen) atoms. The smallest absolute Gasteiger partial charge is 0.305 e. The van der Waals surface area contributed by atoms with Crippen LogP contribution in [-0.4, -0.2) is 33.1 Å². The predicted molar refractivity (Wildman–Crippen MR) is 82.6 cm³/mol. The van der Waals surface area contributed by atoms with Gasteiger partial charge in [0.1, 0.15) is 0 Å². The highest BCUT2D eigenvalue weighted by Gasteiger charge is 2.12. The number of benzene rings is 2. The average Bonchev–Trinajstić information content (AvgIpc) is 2.57. The molecule has 0 aliphatic heterocycles. The molecule has 0 atom stereocenters. The zero-order chi connectivity index (χ0) is 16.1. The Kier molecular flexibility index (Phi) is 4.99. The number of carbonyl (C=O) groups is 2. The zero-order valence-electron chi connectivity index (χ0n) is 12.8. The van der Waals surface area contributed by atoms with Crippen LogP contribution in [0.25, 0.3) is 10.8 Å².